The van der Waals surface area contributed by atoms with Crippen LogP contribution in [0.1, 0.15) is 31.2 Å². The number of rotatable bonds is 4. The van der Waals surface area contributed by atoms with Crippen molar-refractivity contribution in [1.29, 1.82) is 0 Å². The van der Waals surface area contributed by atoms with Crippen LogP contribution in [0.25, 0.3) is 0 Å². The molecular weight excluding hydrogens is 234 g/mol. The third kappa shape index (κ3) is 3.19. The van der Waals surface area contributed by atoms with E-state index in [1.807, 2.05) is 6.07 Å². The van der Waals surface area contributed by atoms with Crippen molar-refractivity contribution in [2.45, 2.75) is 26.3 Å². The summed E-state index contributed by atoms with van der Waals surface area (Å²) < 4.78 is 0.675. The van der Waals surface area contributed by atoms with E-state index in [0.717, 1.165) is 4.88 Å². The largest absolute Gasteiger partial charge is 0.481 e. The lowest BCUT2D eigenvalue weighted by molar-refractivity contribution is -0.147. The average molecular weight is 248 g/mol. The average Bonchev–Trinajstić information content (AvgIpc) is 2.50. The maximum absolute atomic E-state index is 10.9. The van der Waals surface area contributed by atoms with Crippen molar-refractivity contribution in [1.82, 2.24) is 0 Å². The smallest absolute Gasteiger partial charge is 0.309 e. The summed E-state index contributed by atoms with van der Waals surface area (Å²) in [6.07, 6.45) is 0.402. The van der Waals surface area contributed by atoms with E-state index < -0.39 is 11.4 Å². The summed E-state index contributed by atoms with van der Waals surface area (Å²) in [5.41, 5.74) is 5.11. The Kier molecular flexibility index (Phi) is 3.76. The normalized spacial score (nSPS) is 13.9. The first-order valence-corrected chi connectivity index (χ1v) is 5.76. The second-order valence-electron chi connectivity index (χ2n) is 4.14. The summed E-state index contributed by atoms with van der Waals surface area (Å²) in [7, 11) is 0. The molecule has 84 valence electrons. The van der Waals surface area contributed by atoms with Gasteiger partial charge < -0.3 is 10.8 Å². The maximum atomic E-state index is 10.9. The van der Waals surface area contributed by atoms with Crippen molar-refractivity contribution in [2.24, 2.45) is 11.1 Å². The number of carboxylic acid groups (broad SMARTS) is 1. The molecule has 1 aromatic rings. The fourth-order valence-electron chi connectivity index (χ4n) is 1.27. The van der Waals surface area contributed by atoms with Crippen molar-refractivity contribution in [2.75, 3.05) is 0 Å². The van der Waals surface area contributed by atoms with Gasteiger partial charge in [0.2, 0.25) is 0 Å². The predicted octanol–water partition coefficient (Wildman–Crippen LogP) is 2.90. The number of halogens is 1. The molecule has 0 spiro atoms. The minimum Gasteiger partial charge on any atom is -0.481 e. The Labute approximate surface area is 97.9 Å². The van der Waals surface area contributed by atoms with Crippen LogP contribution in [0.2, 0.25) is 4.34 Å². The van der Waals surface area contributed by atoms with Gasteiger partial charge in [0.15, 0.2) is 0 Å². The van der Waals surface area contributed by atoms with Crippen LogP contribution in [0.4, 0.5) is 0 Å². The van der Waals surface area contributed by atoms with Gasteiger partial charge in [-0.2, -0.15) is 0 Å². The Morgan fingerprint density at radius 1 is 1.67 bits per heavy atom. The summed E-state index contributed by atoms with van der Waals surface area (Å²) >= 11 is 7.18. The van der Waals surface area contributed by atoms with Gasteiger partial charge in [-0.3, -0.25) is 4.79 Å². The molecule has 1 heterocycles. The van der Waals surface area contributed by atoms with Crippen LogP contribution in [0.15, 0.2) is 12.1 Å². The zero-order valence-electron chi connectivity index (χ0n) is 8.66. The Morgan fingerprint density at radius 3 is 2.67 bits per heavy atom. The second-order valence-corrected chi connectivity index (χ2v) is 5.89. The first-order chi connectivity index (χ1) is 6.83. The van der Waals surface area contributed by atoms with E-state index in [4.69, 9.17) is 22.4 Å². The minimum atomic E-state index is -0.833. The van der Waals surface area contributed by atoms with Gasteiger partial charge in [0.25, 0.3) is 0 Å². The van der Waals surface area contributed by atoms with Gasteiger partial charge in [-0.25, -0.2) is 0 Å². The first kappa shape index (κ1) is 12.5. The summed E-state index contributed by atoms with van der Waals surface area (Å²) in [5, 5.41) is 8.96. The lowest BCUT2D eigenvalue weighted by Gasteiger charge is -2.22. The Bertz CT molecular complexity index is 362. The molecule has 0 fully saturated rings. The molecular formula is C10H14ClNO2S. The number of carbonyl (C=O) groups is 1. The number of nitrogens with two attached hydrogens (primary N) is 1. The van der Waals surface area contributed by atoms with Crippen LogP contribution in [0, 0.1) is 5.41 Å². The van der Waals surface area contributed by atoms with Gasteiger partial charge in [0.1, 0.15) is 0 Å². The number of hydrogen-bond donors (Lipinski definition) is 2. The lowest BCUT2D eigenvalue weighted by atomic mass is 9.86. The Balaban J connectivity index is 2.71. The summed E-state index contributed by atoms with van der Waals surface area (Å²) in [5.74, 6) is -0.833. The molecule has 1 aromatic heterocycles. The molecule has 1 rings (SSSR count). The quantitative estimate of drug-likeness (QED) is 0.860. The highest BCUT2D eigenvalue weighted by atomic mass is 35.5. The highest BCUT2D eigenvalue weighted by Gasteiger charge is 2.30. The topological polar surface area (TPSA) is 63.3 Å². The van der Waals surface area contributed by atoms with Gasteiger partial charge in [-0.05, 0) is 32.4 Å². The van der Waals surface area contributed by atoms with Crippen LogP contribution in [-0.2, 0) is 4.79 Å². The maximum Gasteiger partial charge on any atom is 0.309 e. The molecule has 0 radical (unpaired) electrons. The standard InChI is InChI=1S/C10H14ClNO2S/c1-10(2,9(13)14)5-6(12)7-3-4-8(11)15-7/h3-4,6H,5,12H2,1-2H3,(H,13,14). The summed E-state index contributed by atoms with van der Waals surface area (Å²) in [4.78, 5) is 11.8. The zero-order chi connectivity index (χ0) is 11.6. The monoisotopic (exact) mass is 247 g/mol. The van der Waals surface area contributed by atoms with Crippen LogP contribution in [0.3, 0.4) is 0 Å². The molecule has 0 saturated heterocycles. The zero-order valence-corrected chi connectivity index (χ0v) is 10.2. The van der Waals surface area contributed by atoms with Crippen molar-refractivity contribution in [3.8, 4) is 0 Å². The van der Waals surface area contributed by atoms with Gasteiger partial charge in [0.05, 0.1) is 9.75 Å². The van der Waals surface area contributed by atoms with E-state index in [1.54, 1.807) is 19.9 Å². The van der Waals surface area contributed by atoms with Gasteiger partial charge >= 0.3 is 5.97 Å². The van der Waals surface area contributed by atoms with Gasteiger partial charge in [-0.15, -0.1) is 11.3 Å². The first-order valence-electron chi connectivity index (χ1n) is 4.57. The van der Waals surface area contributed by atoms with E-state index in [1.165, 1.54) is 11.3 Å². The molecule has 3 N–H and O–H groups in total. The van der Waals surface area contributed by atoms with Crippen LogP contribution in [0.5, 0.6) is 0 Å². The Hall–Kier alpha value is -0.580. The van der Waals surface area contributed by atoms with E-state index in [0.29, 0.717) is 10.8 Å². The number of thiophene rings is 1. The molecule has 0 bridgehead atoms. The van der Waals surface area contributed by atoms with Gasteiger partial charge in [-0.1, -0.05) is 11.6 Å². The third-order valence-corrected chi connectivity index (χ3v) is 3.63. The third-order valence-electron chi connectivity index (χ3n) is 2.27. The van der Waals surface area contributed by atoms with Crippen LogP contribution in [-0.4, -0.2) is 11.1 Å². The molecule has 0 aliphatic heterocycles. The minimum absolute atomic E-state index is 0.270. The fraction of sp³-hybridized carbons (Fsp3) is 0.500. The van der Waals surface area contributed by atoms with Crippen molar-refractivity contribution in [3.05, 3.63) is 21.3 Å². The van der Waals surface area contributed by atoms with Crippen LogP contribution >= 0.6 is 22.9 Å². The van der Waals surface area contributed by atoms with Crippen molar-refractivity contribution in [3.63, 3.8) is 0 Å². The second kappa shape index (κ2) is 4.51. The lowest BCUT2D eigenvalue weighted by Crippen LogP contribution is -2.28. The number of carboxylic acids is 1. The molecule has 0 amide bonds. The van der Waals surface area contributed by atoms with Gasteiger partial charge in [0, 0.05) is 10.9 Å². The van der Waals surface area contributed by atoms with E-state index in [-0.39, 0.29) is 6.04 Å². The number of hydrogen-bond acceptors (Lipinski definition) is 3. The van der Waals surface area contributed by atoms with Crippen molar-refractivity contribution >= 4 is 28.9 Å². The van der Waals surface area contributed by atoms with E-state index in [2.05, 4.69) is 0 Å². The molecule has 0 aromatic carbocycles. The molecule has 0 saturated carbocycles. The molecule has 3 nitrogen and oxygen atoms in total. The van der Waals surface area contributed by atoms with E-state index in [9.17, 15) is 4.79 Å². The summed E-state index contributed by atoms with van der Waals surface area (Å²) in [6, 6.07) is 3.35. The molecule has 15 heavy (non-hydrogen) atoms. The summed E-state index contributed by atoms with van der Waals surface area (Å²) in [6.45, 7) is 3.34. The highest BCUT2D eigenvalue weighted by molar-refractivity contribution is 7.16. The van der Waals surface area contributed by atoms with Crippen LogP contribution < -0.4 is 5.73 Å². The van der Waals surface area contributed by atoms with E-state index >= 15 is 0 Å². The molecule has 1 unspecified atom stereocenters. The highest BCUT2D eigenvalue weighted by Crippen LogP contribution is 2.33. The molecule has 5 heteroatoms. The molecule has 1 atom stereocenters. The molecule has 0 aliphatic carbocycles. The predicted molar refractivity (Wildman–Crippen MR) is 62.3 cm³/mol. The van der Waals surface area contributed by atoms with Crippen molar-refractivity contribution < 1.29 is 9.90 Å². The fourth-order valence-corrected chi connectivity index (χ4v) is 2.33. The number of aliphatic carboxylic acids is 1. The Morgan fingerprint density at radius 2 is 2.27 bits per heavy atom. The molecule has 0 aliphatic rings. The SMILES string of the molecule is CC(C)(CC(N)c1ccc(Cl)s1)C(=O)O.